The van der Waals surface area contributed by atoms with Crippen molar-refractivity contribution in [2.75, 3.05) is 0 Å². The molecule has 0 heterocycles. The van der Waals surface area contributed by atoms with Crippen LogP contribution in [0.3, 0.4) is 0 Å². The van der Waals surface area contributed by atoms with Gasteiger partial charge in [-0.1, -0.05) is 13.8 Å². The van der Waals surface area contributed by atoms with Crippen LogP contribution in [0.2, 0.25) is 0 Å². The lowest BCUT2D eigenvalue weighted by Gasteiger charge is -2.08. The van der Waals surface area contributed by atoms with E-state index in [-0.39, 0.29) is 5.67 Å². The molecule has 0 spiro atoms. The summed E-state index contributed by atoms with van der Waals surface area (Å²) in [5, 5.41) is 0. The van der Waals surface area contributed by atoms with Crippen molar-refractivity contribution in [1.29, 1.82) is 0 Å². The molecule has 0 aliphatic rings. The van der Waals surface area contributed by atoms with E-state index in [0.29, 0.717) is 5.67 Å². The molecule has 3 heteroatoms. The summed E-state index contributed by atoms with van der Waals surface area (Å²) in [6.45, 7) is 4.08. The average Bonchev–Trinajstić information content (AvgIpc) is 1.65. The van der Waals surface area contributed by atoms with Crippen molar-refractivity contribution in [3.05, 3.63) is 0 Å². The molecule has 0 amide bonds. The summed E-state index contributed by atoms with van der Waals surface area (Å²) in [4.78, 5) is 0. The van der Waals surface area contributed by atoms with Crippen molar-refractivity contribution in [2.24, 2.45) is 11.5 Å². The molecule has 0 aromatic heterocycles. The van der Waals surface area contributed by atoms with Gasteiger partial charge in [-0.05, 0) is 17.8 Å². The van der Waals surface area contributed by atoms with Gasteiger partial charge in [0, 0.05) is 0 Å². The zero-order valence-electron chi connectivity index (χ0n) is 5.52. The predicted molar refractivity (Wildman–Crippen MR) is 37.7 cm³/mol. The van der Waals surface area contributed by atoms with Crippen molar-refractivity contribution < 1.29 is 0 Å². The first-order valence-electron chi connectivity index (χ1n) is 2.94. The highest BCUT2D eigenvalue weighted by Gasteiger charge is 2.02. The van der Waals surface area contributed by atoms with E-state index in [1.165, 1.54) is 0 Å². The molecule has 0 fully saturated rings. The van der Waals surface area contributed by atoms with Crippen LogP contribution in [-0.2, 0) is 0 Å². The van der Waals surface area contributed by atoms with Crippen LogP contribution in [0.25, 0.3) is 0 Å². The minimum atomic E-state index is 0.282. The van der Waals surface area contributed by atoms with Gasteiger partial charge in [0.05, 0.1) is 9.52 Å². The molecular weight excluding hydrogens is 116 g/mol. The predicted octanol–water partition coefficient (Wildman–Crippen LogP) is -0.310. The van der Waals surface area contributed by atoms with Gasteiger partial charge in [0.25, 0.3) is 0 Å². The Morgan fingerprint density at radius 2 is 2.00 bits per heavy atom. The van der Waals surface area contributed by atoms with Gasteiger partial charge >= 0.3 is 0 Å². The molecule has 0 aliphatic heterocycles. The van der Waals surface area contributed by atoms with Gasteiger partial charge < -0.3 is 11.5 Å². The minimum Gasteiger partial charge on any atom is -0.331 e. The SMILES string of the molecule is CCC(N)[Si]C(C)N. The third kappa shape index (κ3) is 4.30. The number of hydrogen-bond donors (Lipinski definition) is 2. The van der Waals surface area contributed by atoms with Crippen LogP contribution in [0, 0.1) is 0 Å². The average molecular weight is 130 g/mol. The number of hydrogen-bond acceptors (Lipinski definition) is 2. The Morgan fingerprint density at radius 3 is 2.12 bits per heavy atom. The molecule has 0 aliphatic carbocycles. The second kappa shape index (κ2) is 4.06. The van der Waals surface area contributed by atoms with E-state index in [1.807, 2.05) is 6.92 Å². The Morgan fingerprint density at radius 1 is 1.50 bits per heavy atom. The Labute approximate surface area is 53.5 Å². The normalized spacial score (nSPS) is 18.0. The van der Waals surface area contributed by atoms with Crippen LogP contribution >= 0.6 is 0 Å². The van der Waals surface area contributed by atoms with Crippen LogP contribution in [0.5, 0.6) is 0 Å². The minimum absolute atomic E-state index is 0.282. The van der Waals surface area contributed by atoms with Crippen molar-refractivity contribution >= 4 is 9.52 Å². The van der Waals surface area contributed by atoms with Crippen LogP contribution < -0.4 is 11.5 Å². The molecule has 0 saturated heterocycles. The summed E-state index contributed by atoms with van der Waals surface area (Å²) in [5.41, 5.74) is 11.7. The number of rotatable bonds is 3. The topological polar surface area (TPSA) is 52.0 Å². The highest BCUT2D eigenvalue weighted by molar-refractivity contribution is 6.39. The van der Waals surface area contributed by atoms with E-state index >= 15 is 0 Å². The van der Waals surface area contributed by atoms with E-state index in [0.717, 1.165) is 15.9 Å². The maximum atomic E-state index is 5.61. The fraction of sp³-hybridized carbons (Fsp3) is 1.00. The monoisotopic (exact) mass is 130 g/mol. The zero-order chi connectivity index (χ0) is 6.57. The van der Waals surface area contributed by atoms with Crippen LogP contribution in [0.4, 0.5) is 0 Å². The third-order valence-corrected chi connectivity index (χ3v) is 2.28. The molecule has 48 valence electrons. The van der Waals surface area contributed by atoms with E-state index in [2.05, 4.69) is 6.92 Å². The van der Waals surface area contributed by atoms with E-state index in [4.69, 9.17) is 11.5 Å². The molecule has 2 radical (unpaired) electrons. The molecule has 0 rings (SSSR count). The molecule has 2 nitrogen and oxygen atoms in total. The molecule has 0 aromatic carbocycles. The fourth-order valence-corrected chi connectivity index (χ4v) is 1.37. The summed E-state index contributed by atoms with van der Waals surface area (Å²) in [7, 11) is 0.718. The molecule has 4 N–H and O–H groups in total. The van der Waals surface area contributed by atoms with Crippen molar-refractivity contribution in [3.63, 3.8) is 0 Å². The number of nitrogens with two attached hydrogens (primary N) is 2. The van der Waals surface area contributed by atoms with Crippen molar-refractivity contribution in [3.8, 4) is 0 Å². The molecule has 0 bridgehead atoms. The maximum absolute atomic E-state index is 5.61. The van der Waals surface area contributed by atoms with Gasteiger partial charge in [0.2, 0.25) is 0 Å². The lowest BCUT2D eigenvalue weighted by atomic mass is 10.5. The largest absolute Gasteiger partial charge is 0.331 e. The molecule has 0 saturated carbocycles. The Hall–Kier alpha value is 0.137. The Balaban J connectivity index is 3.10. The lowest BCUT2D eigenvalue weighted by Crippen LogP contribution is -2.38. The van der Waals surface area contributed by atoms with Gasteiger partial charge in [-0.3, -0.25) is 0 Å². The van der Waals surface area contributed by atoms with E-state index in [1.54, 1.807) is 0 Å². The van der Waals surface area contributed by atoms with E-state index in [9.17, 15) is 0 Å². The molecule has 2 atom stereocenters. The van der Waals surface area contributed by atoms with Gasteiger partial charge in [-0.15, -0.1) is 0 Å². The maximum Gasteiger partial charge on any atom is 0.0819 e. The summed E-state index contributed by atoms with van der Waals surface area (Å²) in [6.07, 6.45) is 1.04. The smallest absolute Gasteiger partial charge is 0.0819 e. The molecular formula is C5H14N2Si. The fourth-order valence-electron chi connectivity index (χ4n) is 0.456. The lowest BCUT2D eigenvalue weighted by molar-refractivity contribution is 0.821. The molecule has 2 unspecified atom stereocenters. The summed E-state index contributed by atoms with van der Waals surface area (Å²) >= 11 is 0. The summed E-state index contributed by atoms with van der Waals surface area (Å²) in [6, 6.07) is 0. The quantitative estimate of drug-likeness (QED) is 0.515. The Bertz CT molecular complexity index is 56.4. The van der Waals surface area contributed by atoms with Crippen molar-refractivity contribution in [2.45, 2.75) is 31.6 Å². The summed E-state index contributed by atoms with van der Waals surface area (Å²) < 4.78 is 0. The van der Waals surface area contributed by atoms with E-state index < -0.39 is 0 Å². The van der Waals surface area contributed by atoms with Crippen LogP contribution in [0.1, 0.15) is 20.3 Å². The first-order valence-corrected chi connectivity index (χ1v) is 4.09. The molecule has 8 heavy (non-hydrogen) atoms. The van der Waals surface area contributed by atoms with Crippen LogP contribution in [0.15, 0.2) is 0 Å². The second-order valence-electron chi connectivity index (χ2n) is 1.97. The van der Waals surface area contributed by atoms with Gasteiger partial charge in [-0.25, -0.2) is 0 Å². The first kappa shape index (κ1) is 8.14. The zero-order valence-corrected chi connectivity index (χ0v) is 6.52. The van der Waals surface area contributed by atoms with Crippen LogP contribution in [-0.4, -0.2) is 20.8 Å². The van der Waals surface area contributed by atoms with Gasteiger partial charge in [0.15, 0.2) is 0 Å². The van der Waals surface area contributed by atoms with Gasteiger partial charge in [-0.2, -0.15) is 0 Å². The van der Waals surface area contributed by atoms with Gasteiger partial charge in [0.1, 0.15) is 0 Å². The highest BCUT2D eigenvalue weighted by atomic mass is 28.2. The standard InChI is InChI=1S/C5H14N2Si/c1-3-5(7)8-4(2)6/h4-5H,3,6-7H2,1-2H3. The second-order valence-corrected chi connectivity index (χ2v) is 3.96. The third-order valence-electron chi connectivity index (χ3n) is 0.917. The Kier molecular flexibility index (Phi) is 4.13. The molecule has 0 aromatic rings. The highest BCUT2D eigenvalue weighted by Crippen LogP contribution is 1.83. The summed E-state index contributed by atoms with van der Waals surface area (Å²) in [5.74, 6) is 0. The first-order chi connectivity index (χ1) is 3.66. The van der Waals surface area contributed by atoms with Crippen molar-refractivity contribution in [1.82, 2.24) is 0 Å².